The Kier molecular flexibility index (Phi) is 5.69. The standard InChI is InChI=1S/C21H21N5O4/c27-20(28)19(10-5-11-26-13-22-24-25-26)23-21(29)30-12-18-16-8-3-1-6-14(16)15-7-2-4-9-17(15)18/h1-4,6-9,13,18-19H,5,10-12H2,(H,23,29)(H,27,28)/t19-/m0/s1. The van der Waals surface area contributed by atoms with E-state index in [2.05, 4.69) is 33.0 Å². The Hall–Kier alpha value is -3.75. The molecule has 0 aliphatic heterocycles. The second-order valence-electron chi connectivity index (χ2n) is 7.08. The van der Waals surface area contributed by atoms with Gasteiger partial charge in [0.25, 0.3) is 0 Å². The van der Waals surface area contributed by atoms with E-state index in [1.54, 1.807) is 0 Å². The molecule has 1 aromatic heterocycles. The van der Waals surface area contributed by atoms with Crippen LogP contribution in [0.4, 0.5) is 4.79 Å². The molecule has 1 aliphatic rings. The van der Waals surface area contributed by atoms with Gasteiger partial charge >= 0.3 is 12.1 Å². The summed E-state index contributed by atoms with van der Waals surface area (Å²) >= 11 is 0. The minimum Gasteiger partial charge on any atom is -0.480 e. The number of carboxylic acids is 1. The van der Waals surface area contributed by atoms with Crippen LogP contribution >= 0.6 is 0 Å². The second-order valence-corrected chi connectivity index (χ2v) is 7.08. The normalized spacial score (nSPS) is 13.3. The first-order valence-electron chi connectivity index (χ1n) is 9.68. The van der Waals surface area contributed by atoms with Gasteiger partial charge in [-0.3, -0.25) is 0 Å². The van der Waals surface area contributed by atoms with Crippen molar-refractivity contribution < 1.29 is 19.4 Å². The highest BCUT2D eigenvalue weighted by molar-refractivity contribution is 5.81. The highest BCUT2D eigenvalue weighted by Gasteiger charge is 2.29. The summed E-state index contributed by atoms with van der Waals surface area (Å²) in [5, 5.41) is 22.6. The number of carbonyl (C=O) groups excluding carboxylic acids is 1. The highest BCUT2D eigenvalue weighted by atomic mass is 16.5. The fourth-order valence-corrected chi connectivity index (χ4v) is 3.78. The van der Waals surface area contributed by atoms with Crippen LogP contribution in [0.2, 0.25) is 0 Å². The molecule has 1 heterocycles. The van der Waals surface area contributed by atoms with Crippen LogP contribution in [0.15, 0.2) is 54.9 Å². The quantitative estimate of drug-likeness (QED) is 0.588. The van der Waals surface area contributed by atoms with Crippen LogP contribution in [0.1, 0.15) is 29.9 Å². The van der Waals surface area contributed by atoms with Crippen molar-refractivity contribution in [1.29, 1.82) is 0 Å². The molecular formula is C21H21N5O4. The fourth-order valence-electron chi connectivity index (χ4n) is 3.78. The molecule has 0 saturated carbocycles. The van der Waals surface area contributed by atoms with Crippen molar-refractivity contribution in [3.05, 3.63) is 66.0 Å². The molecule has 0 radical (unpaired) electrons. The number of tetrazole rings is 1. The van der Waals surface area contributed by atoms with E-state index in [0.29, 0.717) is 13.0 Å². The van der Waals surface area contributed by atoms with Crippen molar-refractivity contribution in [1.82, 2.24) is 25.5 Å². The average molecular weight is 407 g/mol. The summed E-state index contributed by atoms with van der Waals surface area (Å²) in [6.07, 6.45) is 1.44. The minimum absolute atomic E-state index is 0.0776. The molecule has 0 unspecified atom stereocenters. The number of hydrogen-bond donors (Lipinski definition) is 2. The molecule has 0 spiro atoms. The fraction of sp³-hybridized carbons (Fsp3) is 0.286. The van der Waals surface area contributed by atoms with Gasteiger partial charge in [0.2, 0.25) is 0 Å². The van der Waals surface area contributed by atoms with Crippen molar-refractivity contribution in [2.24, 2.45) is 0 Å². The number of fused-ring (bicyclic) bond motifs is 3. The molecule has 9 heteroatoms. The van der Waals surface area contributed by atoms with Gasteiger partial charge < -0.3 is 15.2 Å². The Morgan fingerprint density at radius 2 is 1.77 bits per heavy atom. The summed E-state index contributed by atoms with van der Waals surface area (Å²) in [4.78, 5) is 23.8. The molecule has 2 aromatic carbocycles. The largest absolute Gasteiger partial charge is 0.480 e. The van der Waals surface area contributed by atoms with E-state index in [4.69, 9.17) is 4.74 Å². The van der Waals surface area contributed by atoms with Gasteiger partial charge in [0.05, 0.1) is 0 Å². The predicted octanol–water partition coefficient (Wildman–Crippen LogP) is 2.45. The molecule has 1 atom stereocenters. The maximum Gasteiger partial charge on any atom is 0.407 e. The van der Waals surface area contributed by atoms with Crippen LogP contribution in [0.3, 0.4) is 0 Å². The van der Waals surface area contributed by atoms with Crippen LogP contribution < -0.4 is 5.32 Å². The first-order valence-corrected chi connectivity index (χ1v) is 9.68. The van der Waals surface area contributed by atoms with Gasteiger partial charge in [-0.15, -0.1) is 5.10 Å². The minimum atomic E-state index is -1.11. The van der Waals surface area contributed by atoms with Gasteiger partial charge in [-0.05, 0) is 45.5 Å². The first-order chi connectivity index (χ1) is 14.6. The van der Waals surface area contributed by atoms with E-state index < -0.39 is 18.1 Å². The molecule has 154 valence electrons. The predicted molar refractivity (Wildman–Crippen MR) is 107 cm³/mol. The molecule has 1 aliphatic carbocycles. The topological polar surface area (TPSA) is 119 Å². The summed E-state index contributed by atoms with van der Waals surface area (Å²) in [6, 6.07) is 15.0. The Labute approximate surface area is 172 Å². The number of rotatable bonds is 8. The zero-order valence-electron chi connectivity index (χ0n) is 16.1. The summed E-state index contributed by atoms with van der Waals surface area (Å²) in [6.45, 7) is 0.597. The Balaban J connectivity index is 1.35. The zero-order chi connectivity index (χ0) is 20.9. The number of amides is 1. The Morgan fingerprint density at radius 1 is 1.10 bits per heavy atom. The van der Waals surface area contributed by atoms with Gasteiger partial charge in [0.15, 0.2) is 0 Å². The summed E-state index contributed by atoms with van der Waals surface area (Å²) < 4.78 is 6.93. The molecular weight excluding hydrogens is 386 g/mol. The average Bonchev–Trinajstić information content (AvgIpc) is 3.38. The van der Waals surface area contributed by atoms with Crippen LogP contribution in [0.25, 0.3) is 11.1 Å². The Bertz CT molecular complexity index is 992. The molecule has 0 bridgehead atoms. The number of alkyl carbamates (subject to hydrolysis) is 1. The number of nitrogens with zero attached hydrogens (tertiary/aromatic N) is 4. The smallest absolute Gasteiger partial charge is 0.407 e. The van der Waals surface area contributed by atoms with Crippen LogP contribution in [0.5, 0.6) is 0 Å². The van der Waals surface area contributed by atoms with Gasteiger partial charge in [-0.1, -0.05) is 48.5 Å². The lowest BCUT2D eigenvalue weighted by atomic mass is 9.98. The molecule has 2 N–H and O–H groups in total. The number of hydrogen-bond acceptors (Lipinski definition) is 6. The lowest BCUT2D eigenvalue weighted by Gasteiger charge is -2.17. The van der Waals surface area contributed by atoms with Gasteiger partial charge in [0, 0.05) is 12.5 Å². The summed E-state index contributed by atoms with van der Waals surface area (Å²) in [7, 11) is 0. The van der Waals surface area contributed by atoms with Gasteiger partial charge in [-0.2, -0.15) is 0 Å². The third-order valence-corrected chi connectivity index (χ3v) is 5.21. The van der Waals surface area contributed by atoms with E-state index in [0.717, 1.165) is 22.3 Å². The number of carbonyl (C=O) groups is 2. The van der Waals surface area contributed by atoms with Crippen LogP contribution in [-0.4, -0.2) is 50.0 Å². The number of ether oxygens (including phenoxy) is 1. The number of aliphatic carboxylic acids is 1. The lowest BCUT2D eigenvalue weighted by Crippen LogP contribution is -2.41. The van der Waals surface area contributed by atoms with Crippen molar-refractivity contribution in [2.45, 2.75) is 31.3 Å². The van der Waals surface area contributed by atoms with Crippen molar-refractivity contribution in [3.8, 4) is 11.1 Å². The number of benzene rings is 2. The van der Waals surface area contributed by atoms with Gasteiger partial charge in [0.1, 0.15) is 19.0 Å². The van der Waals surface area contributed by atoms with E-state index >= 15 is 0 Å². The molecule has 30 heavy (non-hydrogen) atoms. The van der Waals surface area contributed by atoms with Crippen LogP contribution in [-0.2, 0) is 16.1 Å². The van der Waals surface area contributed by atoms with E-state index in [9.17, 15) is 14.7 Å². The van der Waals surface area contributed by atoms with Crippen molar-refractivity contribution >= 4 is 12.1 Å². The molecule has 0 saturated heterocycles. The van der Waals surface area contributed by atoms with E-state index in [1.807, 2.05) is 36.4 Å². The molecule has 1 amide bonds. The van der Waals surface area contributed by atoms with Gasteiger partial charge in [-0.25, -0.2) is 14.3 Å². The SMILES string of the molecule is O=C(N[C@@H](CCCn1cnnn1)C(=O)O)OCC1c2ccccc2-c2ccccc21. The Morgan fingerprint density at radius 3 is 2.37 bits per heavy atom. The lowest BCUT2D eigenvalue weighted by molar-refractivity contribution is -0.139. The number of aromatic nitrogens is 4. The van der Waals surface area contributed by atoms with Crippen molar-refractivity contribution in [2.75, 3.05) is 6.61 Å². The first kappa shape index (κ1) is 19.6. The molecule has 3 aromatic rings. The number of nitrogens with one attached hydrogen (secondary N) is 1. The maximum atomic E-state index is 12.3. The molecule has 4 rings (SSSR count). The maximum absolute atomic E-state index is 12.3. The molecule has 0 fully saturated rings. The molecule has 9 nitrogen and oxygen atoms in total. The third kappa shape index (κ3) is 4.14. The monoisotopic (exact) mass is 407 g/mol. The van der Waals surface area contributed by atoms with Crippen molar-refractivity contribution in [3.63, 3.8) is 0 Å². The second kappa shape index (κ2) is 8.73. The number of aryl methyl sites for hydroxylation is 1. The summed E-state index contributed by atoms with van der Waals surface area (Å²) in [5.74, 6) is -1.19. The summed E-state index contributed by atoms with van der Waals surface area (Å²) in [5.41, 5.74) is 4.46. The highest BCUT2D eigenvalue weighted by Crippen LogP contribution is 2.44. The van der Waals surface area contributed by atoms with E-state index in [-0.39, 0.29) is 18.9 Å². The third-order valence-electron chi connectivity index (χ3n) is 5.21. The number of carboxylic acid groups (broad SMARTS) is 1. The van der Waals surface area contributed by atoms with Crippen LogP contribution in [0, 0.1) is 0 Å². The zero-order valence-corrected chi connectivity index (χ0v) is 16.1. The van der Waals surface area contributed by atoms with E-state index in [1.165, 1.54) is 11.0 Å².